The highest BCUT2D eigenvalue weighted by Gasteiger charge is 2.44. The van der Waals surface area contributed by atoms with Crippen molar-refractivity contribution in [3.63, 3.8) is 0 Å². The number of piperidine rings is 1. The Kier molecular flexibility index (Phi) is 4.86. The van der Waals surface area contributed by atoms with Crippen LogP contribution < -0.4 is 0 Å². The fraction of sp³-hybridized carbons (Fsp3) is 0.550. The lowest BCUT2D eigenvalue weighted by Crippen LogP contribution is -2.39. The third-order valence-electron chi connectivity index (χ3n) is 5.52. The van der Waals surface area contributed by atoms with Crippen LogP contribution in [0.1, 0.15) is 50.2 Å². The largest absolute Gasteiger partial charge is 0.480 e. The lowest BCUT2D eigenvalue weighted by Gasteiger charge is -2.36. The van der Waals surface area contributed by atoms with Crippen molar-refractivity contribution in [1.82, 2.24) is 4.90 Å². The van der Waals surface area contributed by atoms with Gasteiger partial charge in [0.15, 0.2) is 0 Å². The third kappa shape index (κ3) is 3.20. The molecule has 3 rings (SSSR count). The minimum Gasteiger partial charge on any atom is -0.480 e. The Morgan fingerprint density at radius 3 is 2.74 bits per heavy atom. The van der Waals surface area contributed by atoms with Crippen LogP contribution in [0.3, 0.4) is 0 Å². The van der Waals surface area contributed by atoms with Crippen LogP contribution in [0, 0.1) is 5.92 Å². The zero-order valence-corrected chi connectivity index (χ0v) is 14.0. The average molecular weight is 313 g/mol. The van der Waals surface area contributed by atoms with Crippen LogP contribution in [0.25, 0.3) is 6.08 Å². The van der Waals surface area contributed by atoms with Crippen molar-refractivity contribution in [2.75, 3.05) is 19.6 Å². The molecule has 1 aliphatic heterocycles. The van der Waals surface area contributed by atoms with E-state index in [0.29, 0.717) is 5.92 Å². The summed E-state index contributed by atoms with van der Waals surface area (Å²) in [6, 6.07) is 7.94. The van der Waals surface area contributed by atoms with E-state index in [1.54, 1.807) is 0 Å². The second kappa shape index (κ2) is 6.88. The molecule has 0 aromatic heterocycles. The van der Waals surface area contributed by atoms with E-state index in [1.165, 1.54) is 19.4 Å². The standard InChI is InChI=1S/C20H27NO2/c1-2-3-12-21-13-9-16(10-14-21)15-20(19(22)23)11-8-17-6-4-5-7-18(17)20/h4-8,11,16H,2-3,9-10,12-15H2,1H3,(H,22,23). The van der Waals surface area contributed by atoms with Gasteiger partial charge in [0.2, 0.25) is 0 Å². The van der Waals surface area contributed by atoms with Crippen LogP contribution in [0.15, 0.2) is 30.3 Å². The number of carboxylic acid groups (broad SMARTS) is 1. The van der Waals surface area contributed by atoms with Gasteiger partial charge < -0.3 is 10.0 Å². The molecule has 1 saturated heterocycles. The number of unbranched alkanes of at least 4 members (excludes halogenated alkanes) is 1. The SMILES string of the molecule is CCCCN1CCC(CC2(C(=O)O)C=Cc3ccccc32)CC1. The molecular weight excluding hydrogens is 286 g/mol. The summed E-state index contributed by atoms with van der Waals surface area (Å²) < 4.78 is 0. The lowest BCUT2D eigenvalue weighted by atomic mass is 9.73. The van der Waals surface area contributed by atoms with Crippen molar-refractivity contribution in [2.45, 2.75) is 44.4 Å². The fourth-order valence-electron chi connectivity index (χ4n) is 4.07. The molecule has 3 heteroatoms. The predicted molar refractivity (Wildman–Crippen MR) is 93.5 cm³/mol. The average Bonchev–Trinajstić information content (AvgIpc) is 2.94. The molecule has 124 valence electrons. The number of fused-ring (bicyclic) bond motifs is 1. The molecule has 2 aliphatic rings. The van der Waals surface area contributed by atoms with Crippen molar-refractivity contribution in [3.8, 4) is 0 Å². The number of benzene rings is 1. The van der Waals surface area contributed by atoms with Crippen LogP contribution in [-0.2, 0) is 10.2 Å². The number of aliphatic carboxylic acids is 1. The Bertz CT molecular complexity index is 587. The molecule has 1 N–H and O–H groups in total. The van der Waals surface area contributed by atoms with Gasteiger partial charge in [-0.3, -0.25) is 4.79 Å². The zero-order valence-electron chi connectivity index (χ0n) is 14.0. The molecule has 0 bridgehead atoms. The lowest BCUT2D eigenvalue weighted by molar-refractivity contribution is -0.142. The van der Waals surface area contributed by atoms with Gasteiger partial charge in [-0.25, -0.2) is 0 Å². The van der Waals surface area contributed by atoms with Crippen LogP contribution in [0.2, 0.25) is 0 Å². The molecule has 0 spiro atoms. The number of rotatable bonds is 6. The van der Waals surface area contributed by atoms with E-state index < -0.39 is 11.4 Å². The highest BCUT2D eigenvalue weighted by molar-refractivity contribution is 5.90. The van der Waals surface area contributed by atoms with E-state index >= 15 is 0 Å². The number of hydrogen-bond acceptors (Lipinski definition) is 2. The molecule has 1 aliphatic carbocycles. The number of hydrogen-bond donors (Lipinski definition) is 1. The van der Waals surface area contributed by atoms with E-state index in [0.717, 1.165) is 43.5 Å². The summed E-state index contributed by atoms with van der Waals surface area (Å²) in [6.07, 6.45) is 9.38. The van der Waals surface area contributed by atoms with Gasteiger partial charge in [0.1, 0.15) is 5.41 Å². The van der Waals surface area contributed by atoms with Gasteiger partial charge in [-0.05, 0) is 62.4 Å². The van der Waals surface area contributed by atoms with E-state index in [-0.39, 0.29) is 0 Å². The predicted octanol–water partition coefficient (Wildman–Crippen LogP) is 3.94. The van der Waals surface area contributed by atoms with Crippen molar-refractivity contribution < 1.29 is 9.90 Å². The first kappa shape index (κ1) is 16.3. The second-order valence-corrected chi connectivity index (χ2v) is 7.04. The maximum absolute atomic E-state index is 12.1. The molecule has 3 nitrogen and oxygen atoms in total. The number of likely N-dealkylation sites (tertiary alicyclic amines) is 1. The molecule has 1 aromatic carbocycles. The van der Waals surface area contributed by atoms with Gasteiger partial charge in [0.05, 0.1) is 0 Å². The van der Waals surface area contributed by atoms with Gasteiger partial charge in [-0.2, -0.15) is 0 Å². The molecule has 0 radical (unpaired) electrons. The van der Waals surface area contributed by atoms with Gasteiger partial charge in [-0.15, -0.1) is 0 Å². The van der Waals surface area contributed by atoms with Gasteiger partial charge in [-0.1, -0.05) is 49.8 Å². The summed E-state index contributed by atoms with van der Waals surface area (Å²) in [6.45, 7) is 5.65. The Morgan fingerprint density at radius 1 is 1.30 bits per heavy atom. The van der Waals surface area contributed by atoms with Crippen LogP contribution in [0.4, 0.5) is 0 Å². The minimum atomic E-state index is -0.813. The van der Waals surface area contributed by atoms with Crippen LogP contribution >= 0.6 is 0 Å². The molecule has 1 atom stereocenters. The molecule has 0 saturated carbocycles. The van der Waals surface area contributed by atoms with Crippen molar-refractivity contribution >= 4 is 12.0 Å². The molecule has 1 unspecified atom stereocenters. The molecule has 0 amide bonds. The smallest absolute Gasteiger partial charge is 0.318 e. The quantitative estimate of drug-likeness (QED) is 0.865. The topological polar surface area (TPSA) is 40.5 Å². The highest BCUT2D eigenvalue weighted by Crippen LogP contribution is 2.43. The third-order valence-corrected chi connectivity index (χ3v) is 5.52. The Morgan fingerprint density at radius 2 is 2.04 bits per heavy atom. The number of carbonyl (C=O) groups is 1. The van der Waals surface area contributed by atoms with Crippen molar-refractivity contribution in [3.05, 3.63) is 41.5 Å². The van der Waals surface area contributed by atoms with E-state index in [1.807, 2.05) is 36.4 Å². The summed E-state index contributed by atoms with van der Waals surface area (Å²) >= 11 is 0. The highest BCUT2D eigenvalue weighted by atomic mass is 16.4. The van der Waals surface area contributed by atoms with E-state index in [4.69, 9.17) is 0 Å². The Balaban J connectivity index is 1.69. The molecule has 1 heterocycles. The van der Waals surface area contributed by atoms with Gasteiger partial charge in [0, 0.05) is 0 Å². The second-order valence-electron chi connectivity index (χ2n) is 7.04. The van der Waals surface area contributed by atoms with Crippen LogP contribution in [-0.4, -0.2) is 35.6 Å². The fourth-order valence-corrected chi connectivity index (χ4v) is 4.07. The Hall–Kier alpha value is -1.61. The van der Waals surface area contributed by atoms with Crippen LogP contribution in [0.5, 0.6) is 0 Å². The summed E-state index contributed by atoms with van der Waals surface area (Å²) in [5, 5.41) is 9.95. The molecule has 1 aromatic rings. The van der Waals surface area contributed by atoms with Crippen molar-refractivity contribution in [1.29, 1.82) is 0 Å². The first-order valence-corrected chi connectivity index (χ1v) is 8.90. The summed E-state index contributed by atoms with van der Waals surface area (Å²) in [4.78, 5) is 14.6. The van der Waals surface area contributed by atoms with Gasteiger partial charge >= 0.3 is 5.97 Å². The molecule has 23 heavy (non-hydrogen) atoms. The zero-order chi connectivity index (χ0) is 16.3. The Labute approximate surface area is 139 Å². The summed E-state index contributed by atoms with van der Waals surface area (Å²) in [7, 11) is 0. The summed E-state index contributed by atoms with van der Waals surface area (Å²) in [5.74, 6) is -0.202. The monoisotopic (exact) mass is 313 g/mol. The van der Waals surface area contributed by atoms with Crippen molar-refractivity contribution in [2.24, 2.45) is 5.92 Å². The maximum Gasteiger partial charge on any atom is 0.318 e. The number of carboxylic acids is 1. The number of nitrogens with zero attached hydrogens (tertiary/aromatic N) is 1. The van der Waals surface area contributed by atoms with Gasteiger partial charge in [0.25, 0.3) is 0 Å². The summed E-state index contributed by atoms with van der Waals surface area (Å²) in [5.41, 5.74) is 1.23. The molecular formula is C20H27NO2. The maximum atomic E-state index is 12.1. The first-order valence-electron chi connectivity index (χ1n) is 8.90. The first-order chi connectivity index (χ1) is 11.2. The molecule has 1 fully saturated rings. The normalized spacial score (nSPS) is 24.7. The van der Waals surface area contributed by atoms with E-state index in [2.05, 4.69) is 11.8 Å². The minimum absolute atomic E-state index is 0.500. The van der Waals surface area contributed by atoms with E-state index in [9.17, 15) is 9.90 Å².